The van der Waals surface area contributed by atoms with E-state index < -0.39 is 16.0 Å². The van der Waals surface area contributed by atoms with Crippen LogP contribution < -0.4 is 4.72 Å². The highest BCUT2D eigenvalue weighted by molar-refractivity contribution is 7.93. The lowest BCUT2D eigenvalue weighted by Gasteiger charge is -2.14. The molecule has 0 aliphatic carbocycles. The number of aromatic carboxylic acids is 1. The molecule has 0 spiro atoms. The number of nitrogens with one attached hydrogen (secondary N) is 1. The summed E-state index contributed by atoms with van der Waals surface area (Å²) in [4.78, 5) is 24.7. The lowest BCUT2D eigenvalue weighted by atomic mass is 10.1. The molecule has 0 unspecified atom stereocenters. The minimum atomic E-state index is -3.97. The van der Waals surface area contributed by atoms with Crippen LogP contribution in [0.15, 0.2) is 29.2 Å². The van der Waals surface area contributed by atoms with Crippen molar-refractivity contribution in [1.82, 2.24) is 4.90 Å². The van der Waals surface area contributed by atoms with E-state index in [4.69, 9.17) is 5.11 Å². The minimum absolute atomic E-state index is 0.0499. The van der Waals surface area contributed by atoms with Gasteiger partial charge < -0.3 is 10.0 Å². The van der Waals surface area contributed by atoms with E-state index in [1.165, 1.54) is 11.0 Å². The van der Waals surface area contributed by atoms with E-state index in [0.717, 1.165) is 17.4 Å². The van der Waals surface area contributed by atoms with Gasteiger partial charge in [0.05, 0.1) is 5.69 Å². The maximum Gasteiger partial charge on any atom is 0.345 e. The molecule has 0 saturated carbocycles. The molecule has 2 aromatic rings. The van der Waals surface area contributed by atoms with Gasteiger partial charge in [-0.05, 0) is 37.6 Å². The van der Waals surface area contributed by atoms with Gasteiger partial charge >= 0.3 is 5.97 Å². The van der Waals surface area contributed by atoms with Gasteiger partial charge in [0, 0.05) is 24.5 Å². The summed E-state index contributed by atoms with van der Waals surface area (Å²) in [5.41, 5.74) is 1.27. The van der Waals surface area contributed by atoms with Crippen molar-refractivity contribution < 1.29 is 23.1 Å². The maximum atomic E-state index is 12.6. The SMILES string of the molecule is Cc1ccc(C(=O)N(C)C)cc1NS(=O)(=O)c1cc(C(=O)O)sc1C. The van der Waals surface area contributed by atoms with Crippen molar-refractivity contribution >= 4 is 38.9 Å². The van der Waals surface area contributed by atoms with Crippen LogP contribution in [-0.2, 0) is 10.0 Å². The average molecular weight is 382 g/mol. The summed E-state index contributed by atoms with van der Waals surface area (Å²) < 4.78 is 27.7. The summed E-state index contributed by atoms with van der Waals surface area (Å²) in [5, 5.41) is 9.02. The largest absolute Gasteiger partial charge is 0.477 e. The second-order valence-corrected chi connectivity index (χ2v) is 8.58. The van der Waals surface area contributed by atoms with Crippen molar-refractivity contribution in [3.05, 3.63) is 45.1 Å². The third-order valence-electron chi connectivity index (χ3n) is 3.51. The molecule has 1 aromatic carbocycles. The number of hydrogen-bond donors (Lipinski definition) is 2. The van der Waals surface area contributed by atoms with Gasteiger partial charge in [-0.3, -0.25) is 9.52 Å². The first-order valence-corrected chi connectivity index (χ1v) is 9.51. The van der Waals surface area contributed by atoms with Crippen molar-refractivity contribution in [3.63, 3.8) is 0 Å². The van der Waals surface area contributed by atoms with E-state index in [-0.39, 0.29) is 21.4 Å². The van der Waals surface area contributed by atoms with Gasteiger partial charge in [0.15, 0.2) is 0 Å². The number of hydrogen-bond acceptors (Lipinski definition) is 5. The molecule has 2 rings (SSSR count). The molecule has 2 N–H and O–H groups in total. The average Bonchev–Trinajstić information content (AvgIpc) is 2.91. The lowest BCUT2D eigenvalue weighted by Crippen LogP contribution is -2.22. The van der Waals surface area contributed by atoms with Crippen LogP contribution >= 0.6 is 11.3 Å². The minimum Gasteiger partial charge on any atom is -0.477 e. The fourth-order valence-electron chi connectivity index (χ4n) is 2.16. The van der Waals surface area contributed by atoms with Crippen molar-refractivity contribution in [2.45, 2.75) is 18.7 Å². The Morgan fingerprint density at radius 3 is 2.32 bits per heavy atom. The number of carboxylic acids is 1. The van der Waals surface area contributed by atoms with Crippen molar-refractivity contribution in [3.8, 4) is 0 Å². The normalized spacial score (nSPS) is 11.2. The van der Waals surface area contributed by atoms with Crippen molar-refractivity contribution in [1.29, 1.82) is 0 Å². The molecule has 134 valence electrons. The first-order valence-electron chi connectivity index (χ1n) is 7.22. The van der Waals surface area contributed by atoms with Crippen LogP contribution in [-0.4, -0.2) is 44.4 Å². The number of amides is 1. The Kier molecular flexibility index (Phi) is 5.19. The molecular weight excluding hydrogens is 364 g/mol. The van der Waals surface area contributed by atoms with E-state index in [2.05, 4.69) is 4.72 Å². The molecule has 0 radical (unpaired) electrons. The predicted molar refractivity (Wildman–Crippen MR) is 96.0 cm³/mol. The number of sulfonamides is 1. The maximum absolute atomic E-state index is 12.6. The van der Waals surface area contributed by atoms with E-state index >= 15 is 0 Å². The van der Waals surface area contributed by atoms with E-state index in [9.17, 15) is 18.0 Å². The highest BCUT2D eigenvalue weighted by Gasteiger charge is 2.23. The third kappa shape index (κ3) is 3.99. The number of carbonyl (C=O) groups is 2. The van der Waals surface area contributed by atoms with Gasteiger partial charge in [0.1, 0.15) is 9.77 Å². The molecule has 7 nitrogen and oxygen atoms in total. The van der Waals surface area contributed by atoms with Crippen LogP contribution in [0.3, 0.4) is 0 Å². The van der Waals surface area contributed by atoms with Gasteiger partial charge in [-0.1, -0.05) is 6.07 Å². The molecular formula is C16H18N2O5S2. The van der Waals surface area contributed by atoms with Crippen LogP contribution in [0.25, 0.3) is 0 Å². The highest BCUT2D eigenvalue weighted by atomic mass is 32.2. The summed E-state index contributed by atoms with van der Waals surface area (Å²) in [7, 11) is -0.759. The zero-order valence-electron chi connectivity index (χ0n) is 14.2. The molecule has 1 aromatic heterocycles. The molecule has 9 heteroatoms. The quantitative estimate of drug-likeness (QED) is 0.827. The highest BCUT2D eigenvalue weighted by Crippen LogP contribution is 2.28. The molecule has 0 aliphatic heterocycles. The summed E-state index contributed by atoms with van der Waals surface area (Å²) in [6.07, 6.45) is 0. The number of carbonyl (C=O) groups excluding carboxylic acids is 1. The second-order valence-electron chi connectivity index (χ2n) is 5.67. The van der Waals surface area contributed by atoms with Gasteiger partial charge in [0.25, 0.3) is 15.9 Å². The molecule has 25 heavy (non-hydrogen) atoms. The Balaban J connectivity index is 2.43. The van der Waals surface area contributed by atoms with Crippen molar-refractivity contribution in [2.24, 2.45) is 0 Å². The summed E-state index contributed by atoms with van der Waals surface area (Å²) >= 11 is 0.897. The first kappa shape index (κ1) is 18.9. The van der Waals surface area contributed by atoms with E-state index in [1.807, 2.05) is 0 Å². The Morgan fingerprint density at radius 1 is 1.16 bits per heavy atom. The van der Waals surface area contributed by atoms with E-state index in [0.29, 0.717) is 16.0 Å². The number of carboxylic acid groups (broad SMARTS) is 1. The van der Waals surface area contributed by atoms with Gasteiger partial charge in [-0.15, -0.1) is 11.3 Å². The summed E-state index contributed by atoms with van der Waals surface area (Å²) in [5.74, 6) is -1.43. The molecule has 0 bridgehead atoms. The number of anilines is 1. The van der Waals surface area contributed by atoms with Crippen molar-refractivity contribution in [2.75, 3.05) is 18.8 Å². The van der Waals surface area contributed by atoms with Crippen LogP contribution in [0.2, 0.25) is 0 Å². The Labute approximate surface area is 150 Å². The Morgan fingerprint density at radius 2 is 1.80 bits per heavy atom. The topological polar surface area (TPSA) is 104 Å². The first-order chi connectivity index (χ1) is 11.5. The number of aryl methyl sites for hydroxylation is 2. The standard InChI is InChI=1S/C16H18N2O5S2/c1-9-5-6-11(15(19)18(3)4)7-12(9)17-25(22,23)14-8-13(16(20)21)24-10(14)2/h5-8,17H,1-4H3,(H,20,21). The van der Waals surface area contributed by atoms with Crippen LogP contribution in [0, 0.1) is 13.8 Å². The molecule has 0 atom stereocenters. The Bertz CT molecular complexity index is 945. The zero-order valence-corrected chi connectivity index (χ0v) is 15.8. The summed E-state index contributed by atoms with van der Waals surface area (Å²) in [6, 6.07) is 5.87. The van der Waals surface area contributed by atoms with Gasteiger partial charge in [0.2, 0.25) is 0 Å². The number of nitrogens with zero attached hydrogens (tertiary/aromatic N) is 1. The molecule has 0 saturated heterocycles. The van der Waals surface area contributed by atoms with Gasteiger partial charge in [-0.2, -0.15) is 0 Å². The second kappa shape index (κ2) is 6.85. The predicted octanol–water partition coefficient (Wildman–Crippen LogP) is 2.57. The molecule has 0 fully saturated rings. The number of benzene rings is 1. The third-order valence-corrected chi connectivity index (χ3v) is 6.17. The molecule has 1 amide bonds. The zero-order chi connectivity index (χ0) is 18.9. The lowest BCUT2D eigenvalue weighted by molar-refractivity contribution is 0.0701. The van der Waals surface area contributed by atoms with Crippen LogP contribution in [0.4, 0.5) is 5.69 Å². The van der Waals surface area contributed by atoms with Crippen LogP contribution in [0.1, 0.15) is 30.5 Å². The Hall–Kier alpha value is -2.39. The number of thiophene rings is 1. The monoisotopic (exact) mass is 382 g/mol. The smallest absolute Gasteiger partial charge is 0.345 e. The van der Waals surface area contributed by atoms with Crippen LogP contribution in [0.5, 0.6) is 0 Å². The fraction of sp³-hybridized carbons (Fsp3) is 0.250. The summed E-state index contributed by atoms with van der Waals surface area (Å²) in [6.45, 7) is 3.26. The van der Waals surface area contributed by atoms with Gasteiger partial charge in [-0.25, -0.2) is 13.2 Å². The number of rotatable bonds is 5. The molecule has 0 aliphatic rings. The molecule has 1 heterocycles. The van der Waals surface area contributed by atoms with E-state index in [1.54, 1.807) is 40.1 Å². The fourth-order valence-corrected chi connectivity index (χ4v) is 4.71.